The zero-order chi connectivity index (χ0) is 25.9. The van der Waals surface area contributed by atoms with Crippen molar-refractivity contribution in [2.24, 2.45) is 5.73 Å². The van der Waals surface area contributed by atoms with Gasteiger partial charge in [0.2, 0.25) is 0 Å². The van der Waals surface area contributed by atoms with Gasteiger partial charge in [0.05, 0.1) is 42.4 Å². The number of halogens is 4. The van der Waals surface area contributed by atoms with Gasteiger partial charge in [-0.2, -0.15) is 18.4 Å². The van der Waals surface area contributed by atoms with Gasteiger partial charge in [-0.25, -0.2) is 9.59 Å². The summed E-state index contributed by atoms with van der Waals surface area (Å²) in [5.41, 5.74) is 1.56. The molecule has 1 atom stereocenters. The molecule has 35 heavy (non-hydrogen) atoms. The van der Waals surface area contributed by atoms with Crippen LogP contribution in [0.1, 0.15) is 11.5 Å². The molecule has 0 aromatic heterocycles. The van der Waals surface area contributed by atoms with Crippen molar-refractivity contribution in [2.45, 2.75) is 16.3 Å². The normalized spacial score (nSPS) is 16.1. The molecule has 1 aliphatic rings. The van der Waals surface area contributed by atoms with Crippen molar-refractivity contribution >= 4 is 41.0 Å². The van der Waals surface area contributed by atoms with Crippen LogP contribution < -0.4 is 10.6 Å². The van der Waals surface area contributed by atoms with Crippen LogP contribution in [0.2, 0.25) is 5.02 Å². The zero-order valence-electron chi connectivity index (χ0n) is 18.2. The number of rotatable bonds is 5. The molecule has 2 N–H and O–H groups in total. The molecule has 1 heterocycles. The maximum atomic E-state index is 13.0. The maximum Gasteiger partial charge on any atom is 0.446 e. The van der Waals surface area contributed by atoms with E-state index in [-0.39, 0.29) is 38.3 Å². The van der Waals surface area contributed by atoms with Gasteiger partial charge in [0.15, 0.2) is 0 Å². The number of hydrogen-bond donors (Lipinski definition) is 1. The summed E-state index contributed by atoms with van der Waals surface area (Å²) >= 11 is 5.67. The number of ether oxygens (including phenoxy) is 2. The van der Waals surface area contributed by atoms with E-state index in [1.165, 1.54) is 6.07 Å². The zero-order valence-corrected chi connectivity index (χ0v) is 19.8. The minimum atomic E-state index is -4.58. The van der Waals surface area contributed by atoms with Crippen LogP contribution in [0.5, 0.6) is 0 Å². The van der Waals surface area contributed by atoms with E-state index in [4.69, 9.17) is 26.8 Å². The number of hydrogen-bond acceptors (Lipinski definition) is 8. The standard InChI is InChI=1S/C23H17ClF3N3O4S/c1-33-21(31)18-17(12-6-4-3-5-7-12)14(11-28)20(29)30(19(18)22(32)34-2)13-8-9-16(15(24)10-13)35-23(25,26)27/h3-10,17H,29H2,1-2H3. The Hall–Kier alpha value is -3.62. The number of allylic oxidation sites excluding steroid dienone is 1. The van der Waals surface area contributed by atoms with Crippen LogP contribution in [0.3, 0.4) is 0 Å². The topological polar surface area (TPSA) is 106 Å². The number of carbonyl (C=O) groups is 2. The Kier molecular flexibility index (Phi) is 7.67. The number of thioether (sulfide) groups is 1. The lowest BCUT2D eigenvalue weighted by Crippen LogP contribution is -2.40. The van der Waals surface area contributed by atoms with Gasteiger partial charge in [-0.3, -0.25) is 4.90 Å². The maximum absolute atomic E-state index is 13.0. The third kappa shape index (κ3) is 5.23. The number of esters is 2. The average molecular weight is 524 g/mol. The molecule has 7 nitrogen and oxygen atoms in total. The lowest BCUT2D eigenvalue weighted by atomic mass is 9.81. The minimum Gasteiger partial charge on any atom is -0.466 e. The van der Waals surface area contributed by atoms with E-state index in [1.807, 2.05) is 6.07 Å². The molecule has 0 fully saturated rings. The van der Waals surface area contributed by atoms with Crippen molar-refractivity contribution in [1.82, 2.24) is 0 Å². The predicted octanol–water partition coefficient (Wildman–Crippen LogP) is 4.85. The van der Waals surface area contributed by atoms with E-state index in [0.29, 0.717) is 5.56 Å². The van der Waals surface area contributed by atoms with E-state index in [9.17, 15) is 28.0 Å². The summed E-state index contributed by atoms with van der Waals surface area (Å²) < 4.78 is 48.3. The molecule has 2 aromatic rings. The second-order valence-electron chi connectivity index (χ2n) is 7.00. The SMILES string of the molecule is COC(=O)C1=C(C(=O)OC)N(c2ccc(SC(F)(F)F)c(Cl)c2)C(N)=C(C#N)C1c1ccccc1. The van der Waals surface area contributed by atoms with E-state index in [1.54, 1.807) is 30.3 Å². The highest BCUT2D eigenvalue weighted by Crippen LogP contribution is 2.45. The first kappa shape index (κ1) is 26.0. The second kappa shape index (κ2) is 10.3. The largest absolute Gasteiger partial charge is 0.466 e. The smallest absolute Gasteiger partial charge is 0.446 e. The summed E-state index contributed by atoms with van der Waals surface area (Å²) in [6.07, 6.45) is 0. The van der Waals surface area contributed by atoms with Gasteiger partial charge >= 0.3 is 17.4 Å². The summed E-state index contributed by atoms with van der Waals surface area (Å²) in [5, 5.41) is 9.69. The number of carbonyl (C=O) groups excluding carboxylic acids is 2. The monoisotopic (exact) mass is 523 g/mol. The Morgan fingerprint density at radius 3 is 2.26 bits per heavy atom. The van der Waals surface area contributed by atoms with Crippen LogP contribution in [0.15, 0.2) is 76.1 Å². The molecule has 2 aromatic carbocycles. The predicted molar refractivity (Wildman–Crippen MR) is 123 cm³/mol. The van der Waals surface area contributed by atoms with Crippen molar-refractivity contribution in [3.63, 3.8) is 0 Å². The van der Waals surface area contributed by atoms with Crippen LogP contribution in [0, 0.1) is 11.3 Å². The molecule has 0 saturated heterocycles. The Bertz CT molecular complexity index is 1270. The van der Waals surface area contributed by atoms with E-state index < -0.39 is 35.1 Å². The molecular weight excluding hydrogens is 507 g/mol. The molecule has 1 unspecified atom stereocenters. The summed E-state index contributed by atoms with van der Waals surface area (Å²) in [7, 11) is 2.18. The molecular formula is C23H17ClF3N3O4S. The number of benzene rings is 2. The van der Waals surface area contributed by atoms with Crippen molar-refractivity contribution in [3.8, 4) is 6.07 Å². The first-order chi connectivity index (χ1) is 16.5. The molecule has 182 valence electrons. The quantitative estimate of drug-likeness (QED) is 0.438. The molecule has 0 saturated carbocycles. The molecule has 0 aliphatic carbocycles. The van der Waals surface area contributed by atoms with Crippen molar-refractivity contribution < 1.29 is 32.2 Å². The summed E-state index contributed by atoms with van der Waals surface area (Å²) in [6.45, 7) is 0. The van der Waals surface area contributed by atoms with E-state index >= 15 is 0 Å². The summed E-state index contributed by atoms with van der Waals surface area (Å²) in [6, 6.07) is 13.8. The van der Waals surface area contributed by atoms with Gasteiger partial charge in [-0.15, -0.1) is 0 Å². The van der Waals surface area contributed by atoms with E-state index in [2.05, 4.69) is 0 Å². The summed E-state index contributed by atoms with van der Waals surface area (Å²) in [4.78, 5) is 26.7. The van der Waals surface area contributed by atoms with Gasteiger partial charge in [-0.1, -0.05) is 41.9 Å². The first-order valence-corrected chi connectivity index (χ1v) is 10.9. The Balaban J connectivity index is 2.33. The number of nitrogens with two attached hydrogens (primary N) is 1. The Morgan fingerprint density at radius 1 is 1.11 bits per heavy atom. The molecule has 0 amide bonds. The van der Waals surface area contributed by atoms with Crippen LogP contribution in [0.4, 0.5) is 18.9 Å². The number of methoxy groups -OCH3 is 2. The fourth-order valence-corrected chi connectivity index (χ4v) is 4.45. The lowest BCUT2D eigenvalue weighted by molar-refractivity contribution is -0.139. The van der Waals surface area contributed by atoms with Crippen LogP contribution in [0.25, 0.3) is 0 Å². The van der Waals surface area contributed by atoms with Gasteiger partial charge < -0.3 is 15.2 Å². The van der Waals surface area contributed by atoms with Crippen LogP contribution in [-0.2, 0) is 19.1 Å². The second-order valence-corrected chi connectivity index (χ2v) is 8.51. The van der Waals surface area contributed by atoms with E-state index in [0.717, 1.165) is 31.3 Å². The Labute approximate surface area is 207 Å². The van der Waals surface area contributed by atoms with Crippen LogP contribution in [-0.4, -0.2) is 31.7 Å². The lowest BCUT2D eigenvalue weighted by Gasteiger charge is -2.36. The first-order valence-electron chi connectivity index (χ1n) is 9.75. The molecule has 3 rings (SSSR count). The highest BCUT2D eigenvalue weighted by molar-refractivity contribution is 8.00. The number of alkyl halides is 3. The van der Waals surface area contributed by atoms with Crippen molar-refractivity contribution in [2.75, 3.05) is 19.1 Å². The Morgan fingerprint density at radius 2 is 1.74 bits per heavy atom. The fourth-order valence-electron chi connectivity index (χ4n) is 3.62. The molecule has 0 bridgehead atoms. The average Bonchev–Trinajstić information content (AvgIpc) is 2.83. The van der Waals surface area contributed by atoms with Gasteiger partial charge in [0.25, 0.3) is 0 Å². The minimum absolute atomic E-state index is 0.0279. The van der Waals surface area contributed by atoms with Gasteiger partial charge in [-0.05, 0) is 35.5 Å². The highest BCUT2D eigenvalue weighted by atomic mass is 35.5. The number of nitriles is 1. The molecule has 1 aliphatic heterocycles. The van der Waals surface area contributed by atoms with Crippen molar-refractivity contribution in [3.05, 3.63) is 81.8 Å². The fraction of sp³-hybridized carbons (Fsp3) is 0.174. The third-order valence-electron chi connectivity index (χ3n) is 5.01. The summed E-state index contributed by atoms with van der Waals surface area (Å²) in [5.74, 6) is -3.23. The van der Waals surface area contributed by atoms with Crippen molar-refractivity contribution in [1.29, 1.82) is 5.26 Å². The molecule has 0 radical (unpaired) electrons. The molecule has 12 heteroatoms. The van der Waals surface area contributed by atoms with Gasteiger partial charge in [0.1, 0.15) is 11.5 Å². The van der Waals surface area contributed by atoms with Crippen LogP contribution >= 0.6 is 23.4 Å². The molecule has 0 spiro atoms. The number of anilines is 1. The third-order valence-corrected chi connectivity index (χ3v) is 6.24. The number of nitrogens with zero attached hydrogens (tertiary/aromatic N) is 2. The van der Waals surface area contributed by atoms with Gasteiger partial charge in [0, 0.05) is 10.6 Å². The highest BCUT2D eigenvalue weighted by Gasteiger charge is 2.43.